The van der Waals surface area contributed by atoms with Gasteiger partial charge in [0.1, 0.15) is 12.2 Å². The van der Waals surface area contributed by atoms with Gasteiger partial charge in [-0.2, -0.15) is 5.10 Å². The smallest absolute Gasteiger partial charge is 0.252 e. The van der Waals surface area contributed by atoms with Crippen LogP contribution in [0.5, 0.6) is 0 Å². The van der Waals surface area contributed by atoms with E-state index in [0.717, 1.165) is 34.6 Å². The highest BCUT2D eigenvalue weighted by atomic mass is 16.1. The lowest BCUT2D eigenvalue weighted by Crippen LogP contribution is -2.27. The van der Waals surface area contributed by atoms with Gasteiger partial charge in [-0.15, -0.1) is 10.2 Å². The maximum atomic E-state index is 13.2. The van der Waals surface area contributed by atoms with Crippen LogP contribution in [-0.4, -0.2) is 42.0 Å². The number of hydrogen-bond acceptors (Lipinski definition) is 5. The maximum absolute atomic E-state index is 13.2. The van der Waals surface area contributed by atoms with Gasteiger partial charge in [0, 0.05) is 31.1 Å². The first-order chi connectivity index (χ1) is 15.0. The molecule has 0 bridgehead atoms. The zero-order valence-electron chi connectivity index (χ0n) is 18.3. The lowest BCUT2D eigenvalue weighted by atomic mass is 10.0. The van der Waals surface area contributed by atoms with E-state index in [-0.39, 0.29) is 11.9 Å². The SMILES string of the molecule is CCn1cnnc1CCNC(=O)c1cc(-c2ccccc2C)nc2c1cnn2C(C)C. The van der Waals surface area contributed by atoms with Gasteiger partial charge in [-0.05, 0) is 39.3 Å². The number of amides is 1. The molecule has 0 aliphatic carbocycles. The molecule has 160 valence electrons. The summed E-state index contributed by atoms with van der Waals surface area (Å²) < 4.78 is 3.83. The molecule has 1 N–H and O–H groups in total. The van der Waals surface area contributed by atoms with E-state index >= 15 is 0 Å². The van der Waals surface area contributed by atoms with Gasteiger partial charge in [0.2, 0.25) is 0 Å². The second-order valence-corrected chi connectivity index (χ2v) is 7.83. The quantitative estimate of drug-likeness (QED) is 0.496. The molecule has 0 unspecified atom stereocenters. The number of aryl methyl sites for hydroxylation is 2. The van der Waals surface area contributed by atoms with Crippen LogP contribution in [0.25, 0.3) is 22.3 Å². The highest BCUT2D eigenvalue weighted by Crippen LogP contribution is 2.28. The van der Waals surface area contributed by atoms with Gasteiger partial charge in [-0.1, -0.05) is 24.3 Å². The molecule has 0 aliphatic rings. The van der Waals surface area contributed by atoms with Crippen molar-refractivity contribution in [2.24, 2.45) is 0 Å². The zero-order chi connectivity index (χ0) is 22.0. The standard InChI is InChI=1S/C23H27N7O/c1-5-29-14-25-28-21(29)10-11-24-23(31)18-12-20(17-9-7-6-8-16(17)4)27-22-19(18)13-26-30(22)15(2)3/h6-9,12-15H,5,10-11H2,1-4H3,(H,24,31). The molecular weight excluding hydrogens is 390 g/mol. The van der Waals surface area contributed by atoms with E-state index in [9.17, 15) is 4.79 Å². The van der Waals surface area contributed by atoms with Crippen molar-refractivity contribution >= 4 is 16.9 Å². The van der Waals surface area contributed by atoms with Crippen LogP contribution >= 0.6 is 0 Å². The van der Waals surface area contributed by atoms with E-state index in [2.05, 4.69) is 34.5 Å². The Balaban J connectivity index is 1.68. The molecule has 8 heteroatoms. The largest absolute Gasteiger partial charge is 0.352 e. The predicted octanol–water partition coefficient (Wildman–Crippen LogP) is 3.57. The number of pyridine rings is 1. The molecule has 1 amide bonds. The predicted molar refractivity (Wildman–Crippen MR) is 120 cm³/mol. The van der Waals surface area contributed by atoms with Crippen molar-refractivity contribution in [1.82, 2.24) is 34.8 Å². The number of carbonyl (C=O) groups is 1. The fourth-order valence-electron chi connectivity index (χ4n) is 3.70. The van der Waals surface area contributed by atoms with Crippen LogP contribution < -0.4 is 5.32 Å². The van der Waals surface area contributed by atoms with Crippen molar-refractivity contribution in [2.45, 2.75) is 46.7 Å². The first-order valence-electron chi connectivity index (χ1n) is 10.6. The Kier molecular flexibility index (Phi) is 5.79. The van der Waals surface area contributed by atoms with Crippen LogP contribution in [0, 0.1) is 6.92 Å². The topological polar surface area (TPSA) is 90.5 Å². The van der Waals surface area contributed by atoms with E-state index in [0.29, 0.717) is 24.2 Å². The van der Waals surface area contributed by atoms with Crippen molar-refractivity contribution in [3.8, 4) is 11.3 Å². The molecule has 0 saturated heterocycles. The average molecular weight is 418 g/mol. The first-order valence-corrected chi connectivity index (χ1v) is 10.6. The third kappa shape index (κ3) is 4.05. The summed E-state index contributed by atoms with van der Waals surface area (Å²) in [5.74, 6) is 0.712. The van der Waals surface area contributed by atoms with Crippen LogP contribution in [0.1, 0.15) is 48.6 Å². The van der Waals surface area contributed by atoms with Crippen LogP contribution in [0.4, 0.5) is 0 Å². The molecule has 0 aliphatic heterocycles. The first kappa shape index (κ1) is 20.7. The summed E-state index contributed by atoms with van der Waals surface area (Å²) in [4.78, 5) is 18.0. The number of nitrogens with one attached hydrogen (secondary N) is 1. The molecule has 0 spiro atoms. The fourth-order valence-corrected chi connectivity index (χ4v) is 3.70. The minimum atomic E-state index is -0.145. The lowest BCUT2D eigenvalue weighted by Gasteiger charge is -2.12. The fraction of sp³-hybridized carbons (Fsp3) is 0.348. The van der Waals surface area contributed by atoms with E-state index in [1.54, 1.807) is 12.5 Å². The molecule has 3 heterocycles. The van der Waals surface area contributed by atoms with Gasteiger partial charge in [0.15, 0.2) is 5.65 Å². The number of carbonyl (C=O) groups excluding carboxylic acids is 1. The molecule has 0 fully saturated rings. The summed E-state index contributed by atoms with van der Waals surface area (Å²) >= 11 is 0. The molecule has 8 nitrogen and oxygen atoms in total. The second-order valence-electron chi connectivity index (χ2n) is 7.83. The zero-order valence-corrected chi connectivity index (χ0v) is 18.3. The number of aromatic nitrogens is 6. The summed E-state index contributed by atoms with van der Waals surface area (Å²) in [6, 6.07) is 10.0. The highest BCUT2D eigenvalue weighted by molar-refractivity contribution is 6.06. The Morgan fingerprint density at radius 3 is 2.77 bits per heavy atom. The molecular formula is C23H27N7O. The Morgan fingerprint density at radius 2 is 2.03 bits per heavy atom. The number of rotatable bonds is 7. The molecule has 4 rings (SSSR count). The van der Waals surface area contributed by atoms with Gasteiger partial charge >= 0.3 is 0 Å². The van der Waals surface area contributed by atoms with E-state index in [1.807, 2.05) is 53.4 Å². The summed E-state index contributed by atoms with van der Waals surface area (Å²) in [5, 5.41) is 16.3. The monoisotopic (exact) mass is 417 g/mol. The molecule has 0 saturated carbocycles. The third-order valence-electron chi connectivity index (χ3n) is 5.39. The van der Waals surface area contributed by atoms with Gasteiger partial charge in [0.05, 0.1) is 22.8 Å². The van der Waals surface area contributed by atoms with Crippen LogP contribution in [-0.2, 0) is 13.0 Å². The van der Waals surface area contributed by atoms with Gasteiger partial charge in [0.25, 0.3) is 5.91 Å². The molecule has 31 heavy (non-hydrogen) atoms. The Morgan fingerprint density at radius 1 is 1.23 bits per heavy atom. The number of hydrogen-bond donors (Lipinski definition) is 1. The van der Waals surface area contributed by atoms with Gasteiger partial charge < -0.3 is 9.88 Å². The Labute approximate surface area is 181 Å². The van der Waals surface area contributed by atoms with E-state index < -0.39 is 0 Å². The Bertz CT molecular complexity index is 1220. The highest BCUT2D eigenvalue weighted by Gasteiger charge is 2.19. The molecule has 4 aromatic rings. The van der Waals surface area contributed by atoms with Crippen molar-refractivity contribution < 1.29 is 4.79 Å². The van der Waals surface area contributed by atoms with Crippen LogP contribution in [0.15, 0.2) is 42.9 Å². The third-order valence-corrected chi connectivity index (χ3v) is 5.39. The summed E-state index contributed by atoms with van der Waals surface area (Å²) in [5.41, 5.74) is 4.17. The number of nitrogens with zero attached hydrogens (tertiary/aromatic N) is 6. The maximum Gasteiger partial charge on any atom is 0.252 e. The molecule has 0 radical (unpaired) electrons. The number of fused-ring (bicyclic) bond motifs is 1. The van der Waals surface area contributed by atoms with E-state index in [4.69, 9.17) is 4.98 Å². The minimum Gasteiger partial charge on any atom is -0.352 e. The van der Waals surface area contributed by atoms with Crippen molar-refractivity contribution in [3.63, 3.8) is 0 Å². The molecule has 1 aromatic carbocycles. The summed E-state index contributed by atoms with van der Waals surface area (Å²) in [7, 11) is 0. The lowest BCUT2D eigenvalue weighted by molar-refractivity contribution is 0.0955. The van der Waals surface area contributed by atoms with Gasteiger partial charge in [-0.3, -0.25) is 4.79 Å². The van der Waals surface area contributed by atoms with Crippen molar-refractivity contribution in [2.75, 3.05) is 6.54 Å². The molecule has 0 atom stereocenters. The minimum absolute atomic E-state index is 0.133. The van der Waals surface area contributed by atoms with Crippen molar-refractivity contribution in [3.05, 3.63) is 59.8 Å². The normalized spacial score (nSPS) is 11.4. The van der Waals surface area contributed by atoms with Crippen LogP contribution in [0.3, 0.4) is 0 Å². The van der Waals surface area contributed by atoms with Crippen LogP contribution in [0.2, 0.25) is 0 Å². The second kappa shape index (κ2) is 8.67. The number of benzene rings is 1. The van der Waals surface area contributed by atoms with E-state index in [1.165, 1.54) is 0 Å². The summed E-state index contributed by atoms with van der Waals surface area (Å²) in [6.07, 6.45) is 4.05. The van der Waals surface area contributed by atoms with Gasteiger partial charge in [-0.25, -0.2) is 9.67 Å². The summed E-state index contributed by atoms with van der Waals surface area (Å²) in [6.45, 7) is 9.47. The Hall–Kier alpha value is -3.55. The molecule has 3 aromatic heterocycles. The van der Waals surface area contributed by atoms with Crippen molar-refractivity contribution in [1.29, 1.82) is 0 Å². The average Bonchev–Trinajstić information content (AvgIpc) is 3.39.